The number of nitrogens with zero attached hydrogens (tertiary/aromatic N) is 2. The lowest BCUT2D eigenvalue weighted by atomic mass is 10.2. The zero-order chi connectivity index (χ0) is 15.9. The van der Waals surface area contributed by atoms with Gasteiger partial charge >= 0.3 is 5.69 Å². The number of thiophene rings is 1. The molecule has 0 fully saturated rings. The zero-order valence-corrected chi connectivity index (χ0v) is 13.1. The van der Waals surface area contributed by atoms with E-state index >= 15 is 0 Å². The van der Waals surface area contributed by atoms with Crippen LogP contribution in [0, 0.1) is 0 Å². The molecule has 0 aliphatic rings. The molecule has 0 saturated carbocycles. The van der Waals surface area contributed by atoms with Gasteiger partial charge in [0, 0.05) is 31.2 Å². The summed E-state index contributed by atoms with van der Waals surface area (Å²) in [5, 5.41) is 3.29. The van der Waals surface area contributed by atoms with Crippen LogP contribution in [0.4, 0.5) is 5.69 Å². The first kappa shape index (κ1) is 14.4. The van der Waals surface area contributed by atoms with Gasteiger partial charge in [0.15, 0.2) is 0 Å². The predicted octanol–water partition coefficient (Wildman–Crippen LogP) is 1.65. The highest BCUT2D eigenvalue weighted by Gasteiger charge is 2.09. The van der Waals surface area contributed by atoms with Crippen molar-refractivity contribution in [2.45, 2.75) is 6.54 Å². The van der Waals surface area contributed by atoms with E-state index in [1.807, 2.05) is 24.3 Å². The minimum Gasteiger partial charge on any atom is -0.380 e. The van der Waals surface area contributed by atoms with Crippen LogP contribution in [0.1, 0.15) is 14.5 Å². The van der Waals surface area contributed by atoms with Gasteiger partial charge in [-0.25, -0.2) is 4.79 Å². The van der Waals surface area contributed by atoms with E-state index in [0.29, 0.717) is 11.4 Å². The third kappa shape index (κ3) is 2.39. The number of rotatable bonds is 4. The Bertz CT molecular complexity index is 919. The fraction of sp³-hybridized carbons (Fsp3) is 0.200. The number of hydrogen-bond donors (Lipinski definition) is 2. The molecule has 7 heteroatoms. The Morgan fingerprint density at radius 3 is 2.59 bits per heavy atom. The lowest BCUT2D eigenvalue weighted by molar-refractivity contribution is 0.100. The topological polar surface area (TPSA) is 82.1 Å². The summed E-state index contributed by atoms with van der Waals surface area (Å²) in [6.07, 6.45) is 0. The highest BCUT2D eigenvalue weighted by molar-refractivity contribution is 7.14. The molecule has 1 aromatic carbocycles. The van der Waals surface area contributed by atoms with E-state index in [-0.39, 0.29) is 5.69 Å². The maximum absolute atomic E-state index is 11.9. The molecule has 3 aromatic rings. The summed E-state index contributed by atoms with van der Waals surface area (Å²) in [5.41, 5.74) is 7.89. The minimum atomic E-state index is -0.406. The normalized spacial score (nSPS) is 11.0. The Balaban J connectivity index is 1.83. The van der Waals surface area contributed by atoms with Crippen LogP contribution in [0.3, 0.4) is 0 Å². The number of carbonyl (C=O) groups is 1. The summed E-state index contributed by atoms with van der Waals surface area (Å²) in [7, 11) is 3.52. The van der Waals surface area contributed by atoms with E-state index in [0.717, 1.165) is 21.6 Å². The molecule has 0 bridgehead atoms. The molecule has 0 aliphatic carbocycles. The van der Waals surface area contributed by atoms with Crippen molar-refractivity contribution in [3.8, 4) is 0 Å². The molecule has 1 amide bonds. The number of benzene rings is 1. The third-order valence-corrected chi connectivity index (χ3v) is 4.74. The second-order valence-electron chi connectivity index (χ2n) is 5.09. The summed E-state index contributed by atoms with van der Waals surface area (Å²) in [4.78, 5) is 24.6. The molecule has 2 heterocycles. The molecule has 0 aliphatic heterocycles. The van der Waals surface area contributed by atoms with Gasteiger partial charge in [-0.1, -0.05) is 0 Å². The van der Waals surface area contributed by atoms with Crippen LogP contribution in [0.25, 0.3) is 11.0 Å². The number of primary amides is 1. The van der Waals surface area contributed by atoms with Crippen molar-refractivity contribution in [1.82, 2.24) is 9.13 Å². The van der Waals surface area contributed by atoms with Crippen molar-refractivity contribution in [3.63, 3.8) is 0 Å². The fourth-order valence-corrected chi connectivity index (χ4v) is 3.21. The number of aromatic nitrogens is 2. The molecule has 3 N–H and O–H groups in total. The molecule has 6 nitrogen and oxygen atoms in total. The molecular formula is C15H16N4O2S. The van der Waals surface area contributed by atoms with Crippen LogP contribution in [0.2, 0.25) is 0 Å². The van der Waals surface area contributed by atoms with Crippen LogP contribution < -0.4 is 16.7 Å². The number of fused-ring (bicyclic) bond motifs is 1. The van der Waals surface area contributed by atoms with Gasteiger partial charge in [0.05, 0.1) is 15.9 Å². The number of imidazole rings is 1. The lowest BCUT2D eigenvalue weighted by Gasteiger charge is -2.05. The van der Waals surface area contributed by atoms with Crippen molar-refractivity contribution < 1.29 is 4.79 Å². The van der Waals surface area contributed by atoms with Crippen molar-refractivity contribution in [2.24, 2.45) is 19.8 Å². The molecule has 0 saturated heterocycles. The van der Waals surface area contributed by atoms with Crippen LogP contribution in [-0.4, -0.2) is 15.0 Å². The van der Waals surface area contributed by atoms with Crippen LogP contribution >= 0.6 is 11.3 Å². The van der Waals surface area contributed by atoms with Gasteiger partial charge in [-0.05, 0) is 30.3 Å². The second kappa shape index (κ2) is 5.34. The van der Waals surface area contributed by atoms with Crippen LogP contribution in [0.5, 0.6) is 0 Å². The monoisotopic (exact) mass is 316 g/mol. The Kier molecular flexibility index (Phi) is 3.50. The highest BCUT2D eigenvalue weighted by atomic mass is 32.1. The van der Waals surface area contributed by atoms with Gasteiger partial charge in [0.2, 0.25) is 0 Å². The Labute approximate surface area is 130 Å². The summed E-state index contributed by atoms with van der Waals surface area (Å²) < 4.78 is 3.24. The van der Waals surface area contributed by atoms with Crippen LogP contribution in [-0.2, 0) is 20.6 Å². The van der Waals surface area contributed by atoms with Crippen molar-refractivity contribution in [3.05, 3.63) is 50.6 Å². The molecule has 22 heavy (non-hydrogen) atoms. The Hall–Kier alpha value is -2.54. The average molecular weight is 316 g/mol. The minimum absolute atomic E-state index is 0.0449. The zero-order valence-electron chi connectivity index (χ0n) is 12.3. The van der Waals surface area contributed by atoms with Crippen molar-refractivity contribution in [2.75, 3.05) is 5.32 Å². The molecule has 0 unspecified atom stereocenters. The molecule has 0 radical (unpaired) electrons. The first-order chi connectivity index (χ1) is 10.5. The van der Waals surface area contributed by atoms with Gasteiger partial charge in [-0.3, -0.25) is 13.9 Å². The molecule has 0 spiro atoms. The SMILES string of the molecule is Cn1c(=O)n(C)c2cc(NCc3ccc(C(N)=O)s3)ccc21. The highest BCUT2D eigenvalue weighted by Crippen LogP contribution is 2.20. The number of aryl methyl sites for hydroxylation is 2. The number of nitrogens with one attached hydrogen (secondary N) is 1. The maximum Gasteiger partial charge on any atom is 0.328 e. The number of carbonyl (C=O) groups excluding carboxylic acids is 1. The Morgan fingerprint density at radius 1 is 1.18 bits per heavy atom. The summed E-state index contributed by atoms with van der Waals surface area (Å²) in [6.45, 7) is 0.601. The fourth-order valence-electron chi connectivity index (χ4n) is 2.41. The average Bonchev–Trinajstić information content (AvgIpc) is 3.06. The predicted molar refractivity (Wildman–Crippen MR) is 88.3 cm³/mol. The number of anilines is 1. The van der Waals surface area contributed by atoms with Gasteiger partial charge in [-0.15, -0.1) is 11.3 Å². The summed E-state index contributed by atoms with van der Waals surface area (Å²) in [6, 6.07) is 9.41. The first-order valence-corrected chi connectivity index (χ1v) is 7.57. The molecule has 114 valence electrons. The molecule has 2 aromatic heterocycles. The summed E-state index contributed by atoms with van der Waals surface area (Å²) in [5.74, 6) is -0.406. The summed E-state index contributed by atoms with van der Waals surface area (Å²) >= 11 is 1.38. The Morgan fingerprint density at radius 2 is 1.91 bits per heavy atom. The van der Waals surface area contributed by atoms with Crippen molar-refractivity contribution >= 4 is 34.0 Å². The molecular weight excluding hydrogens is 300 g/mol. The number of amides is 1. The number of nitrogens with two attached hydrogens (primary N) is 1. The number of hydrogen-bond acceptors (Lipinski definition) is 4. The van der Waals surface area contributed by atoms with Gasteiger partial charge in [-0.2, -0.15) is 0 Å². The van der Waals surface area contributed by atoms with E-state index in [2.05, 4.69) is 5.32 Å². The maximum atomic E-state index is 11.9. The van der Waals surface area contributed by atoms with Gasteiger partial charge < -0.3 is 11.1 Å². The standard InChI is InChI=1S/C15H16N4O2S/c1-18-11-5-3-9(7-12(11)19(2)15(18)21)17-8-10-4-6-13(22-10)14(16)20/h3-7,17H,8H2,1-2H3,(H2,16,20). The molecule has 3 rings (SSSR count). The third-order valence-electron chi connectivity index (χ3n) is 3.64. The first-order valence-electron chi connectivity index (χ1n) is 6.75. The van der Waals surface area contributed by atoms with Gasteiger partial charge in [0.1, 0.15) is 0 Å². The quantitative estimate of drug-likeness (QED) is 0.768. The van der Waals surface area contributed by atoms with E-state index in [4.69, 9.17) is 5.73 Å². The largest absolute Gasteiger partial charge is 0.380 e. The van der Waals surface area contributed by atoms with E-state index in [1.165, 1.54) is 11.3 Å². The lowest BCUT2D eigenvalue weighted by Crippen LogP contribution is -2.19. The van der Waals surface area contributed by atoms with Crippen LogP contribution in [0.15, 0.2) is 35.1 Å². The second-order valence-corrected chi connectivity index (χ2v) is 6.26. The van der Waals surface area contributed by atoms with E-state index < -0.39 is 5.91 Å². The van der Waals surface area contributed by atoms with E-state index in [1.54, 1.807) is 29.3 Å². The van der Waals surface area contributed by atoms with Crippen molar-refractivity contribution in [1.29, 1.82) is 0 Å². The van der Waals surface area contributed by atoms with Gasteiger partial charge in [0.25, 0.3) is 5.91 Å². The molecule has 0 atom stereocenters. The van der Waals surface area contributed by atoms with E-state index in [9.17, 15) is 9.59 Å². The smallest absolute Gasteiger partial charge is 0.328 e.